The SMILES string of the molecule is COc1cc(F)c(N(C)CCC(C)N)cc1F. The van der Waals surface area contributed by atoms with Gasteiger partial charge in [-0.15, -0.1) is 0 Å². The summed E-state index contributed by atoms with van der Waals surface area (Å²) in [6.07, 6.45) is 0.712. The molecule has 0 radical (unpaired) electrons. The molecular weight excluding hydrogens is 226 g/mol. The van der Waals surface area contributed by atoms with E-state index in [1.807, 2.05) is 6.92 Å². The molecule has 17 heavy (non-hydrogen) atoms. The van der Waals surface area contributed by atoms with Crippen molar-refractivity contribution >= 4 is 5.69 Å². The van der Waals surface area contributed by atoms with E-state index in [9.17, 15) is 8.78 Å². The highest BCUT2D eigenvalue weighted by molar-refractivity contribution is 5.50. The summed E-state index contributed by atoms with van der Waals surface area (Å²) in [5.74, 6) is -1.17. The van der Waals surface area contributed by atoms with E-state index in [0.29, 0.717) is 13.0 Å². The second-order valence-electron chi connectivity index (χ2n) is 4.13. The molecule has 0 bridgehead atoms. The summed E-state index contributed by atoms with van der Waals surface area (Å²) in [6, 6.07) is 2.21. The third-order valence-corrected chi connectivity index (χ3v) is 2.55. The number of nitrogens with two attached hydrogens (primary N) is 1. The van der Waals surface area contributed by atoms with Gasteiger partial charge in [-0.1, -0.05) is 0 Å². The van der Waals surface area contributed by atoms with E-state index >= 15 is 0 Å². The Balaban J connectivity index is 2.86. The van der Waals surface area contributed by atoms with Crippen molar-refractivity contribution in [3.63, 3.8) is 0 Å². The normalized spacial score (nSPS) is 12.4. The Bertz CT molecular complexity index is 383. The first-order chi connectivity index (χ1) is 7.95. The Hall–Kier alpha value is -1.36. The molecule has 0 aliphatic rings. The summed E-state index contributed by atoms with van der Waals surface area (Å²) in [4.78, 5) is 1.64. The first kappa shape index (κ1) is 13.7. The summed E-state index contributed by atoms with van der Waals surface area (Å²) >= 11 is 0. The highest BCUT2D eigenvalue weighted by atomic mass is 19.1. The van der Waals surface area contributed by atoms with E-state index in [-0.39, 0.29) is 17.5 Å². The second-order valence-corrected chi connectivity index (χ2v) is 4.13. The molecular formula is C12H18F2N2O. The van der Waals surface area contributed by atoms with Crippen molar-refractivity contribution in [2.45, 2.75) is 19.4 Å². The lowest BCUT2D eigenvalue weighted by molar-refractivity contribution is 0.383. The number of hydrogen-bond donors (Lipinski definition) is 1. The summed E-state index contributed by atoms with van der Waals surface area (Å²) in [5, 5.41) is 0. The fourth-order valence-corrected chi connectivity index (χ4v) is 1.48. The van der Waals surface area contributed by atoms with Crippen LogP contribution in [0.4, 0.5) is 14.5 Å². The van der Waals surface area contributed by atoms with Crippen LogP contribution in [0, 0.1) is 11.6 Å². The summed E-state index contributed by atoms with van der Waals surface area (Å²) in [7, 11) is 3.00. The Morgan fingerprint density at radius 3 is 2.53 bits per heavy atom. The van der Waals surface area contributed by atoms with Crippen LogP contribution in [-0.4, -0.2) is 26.7 Å². The van der Waals surface area contributed by atoms with E-state index in [2.05, 4.69) is 0 Å². The Labute approximate surface area is 100 Å². The zero-order chi connectivity index (χ0) is 13.0. The van der Waals surface area contributed by atoms with E-state index < -0.39 is 11.6 Å². The van der Waals surface area contributed by atoms with E-state index in [4.69, 9.17) is 10.5 Å². The fourth-order valence-electron chi connectivity index (χ4n) is 1.48. The van der Waals surface area contributed by atoms with Crippen molar-refractivity contribution in [3.8, 4) is 5.75 Å². The van der Waals surface area contributed by atoms with Gasteiger partial charge in [-0.2, -0.15) is 0 Å². The molecule has 0 aliphatic heterocycles. The fraction of sp³-hybridized carbons (Fsp3) is 0.500. The molecule has 0 heterocycles. The van der Waals surface area contributed by atoms with Crippen molar-refractivity contribution in [2.75, 3.05) is 25.6 Å². The standard InChI is InChI=1S/C12H18F2N2O/c1-8(15)4-5-16(2)11-6-10(14)12(17-3)7-9(11)13/h6-8H,4-5,15H2,1-3H3. The predicted octanol–water partition coefficient (Wildman–Crippen LogP) is 2.15. The van der Waals surface area contributed by atoms with E-state index in [1.165, 1.54) is 7.11 Å². The number of methoxy groups -OCH3 is 1. The molecule has 5 heteroatoms. The zero-order valence-electron chi connectivity index (χ0n) is 10.3. The molecule has 1 aromatic rings. The number of anilines is 1. The van der Waals surface area contributed by atoms with Crippen LogP contribution in [-0.2, 0) is 0 Å². The summed E-state index contributed by atoms with van der Waals surface area (Å²) in [5.41, 5.74) is 5.83. The number of hydrogen-bond acceptors (Lipinski definition) is 3. The molecule has 0 fully saturated rings. The van der Waals surface area contributed by atoms with Crippen LogP contribution in [0.1, 0.15) is 13.3 Å². The largest absolute Gasteiger partial charge is 0.494 e. The molecule has 2 N–H and O–H groups in total. The van der Waals surface area contributed by atoms with Crippen LogP contribution < -0.4 is 15.4 Å². The van der Waals surface area contributed by atoms with Gasteiger partial charge in [0.15, 0.2) is 11.6 Å². The van der Waals surface area contributed by atoms with Crippen LogP contribution in [0.2, 0.25) is 0 Å². The van der Waals surface area contributed by atoms with Gasteiger partial charge in [0, 0.05) is 31.8 Å². The number of benzene rings is 1. The first-order valence-electron chi connectivity index (χ1n) is 5.45. The van der Waals surface area contributed by atoms with Gasteiger partial charge in [-0.3, -0.25) is 0 Å². The van der Waals surface area contributed by atoms with Gasteiger partial charge in [0.2, 0.25) is 0 Å². The lowest BCUT2D eigenvalue weighted by Gasteiger charge is -2.21. The Morgan fingerprint density at radius 1 is 1.35 bits per heavy atom. The molecule has 3 nitrogen and oxygen atoms in total. The number of rotatable bonds is 5. The summed E-state index contributed by atoms with van der Waals surface area (Å²) < 4.78 is 31.8. The van der Waals surface area contributed by atoms with Gasteiger partial charge in [0.05, 0.1) is 12.8 Å². The molecule has 1 atom stereocenters. The van der Waals surface area contributed by atoms with Crippen molar-refractivity contribution in [2.24, 2.45) is 5.73 Å². The smallest absolute Gasteiger partial charge is 0.167 e. The molecule has 0 aliphatic carbocycles. The van der Waals surface area contributed by atoms with Crippen LogP contribution >= 0.6 is 0 Å². The minimum absolute atomic E-state index is 0.0311. The molecule has 1 aromatic carbocycles. The van der Waals surface area contributed by atoms with Gasteiger partial charge in [0.1, 0.15) is 5.82 Å². The maximum Gasteiger partial charge on any atom is 0.167 e. The van der Waals surface area contributed by atoms with Gasteiger partial charge < -0.3 is 15.4 Å². The Kier molecular flexibility index (Phi) is 4.69. The van der Waals surface area contributed by atoms with Gasteiger partial charge in [0.25, 0.3) is 0 Å². The molecule has 0 spiro atoms. The molecule has 0 saturated heterocycles. The zero-order valence-corrected chi connectivity index (χ0v) is 10.3. The average molecular weight is 244 g/mol. The lowest BCUT2D eigenvalue weighted by Crippen LogP contribution is -2.26. The topological polar surface area (TPSA) is 38.5 Å². The van der Waals surface area contributed by atoms with Crippen molar-refractivity contribution in [1.82, 2.24) is 0 Å². The number of halogens is 2. The van der Waals surface area contributed by atoms with E-state index in [0.717, 1.165) is 12.1 Å². The third-order valence-electron chi connectivity index (χ3n) is 2.55. The average Bonchev–Trinajstić information content (AvgIpc) is 2.28. The minimum Gasteiger partial charge on any atom is -0.494 e. The molecule has 1 unspecified atom stereocenters. The van der Waals surface area contributed by atoms with Crippen LogP contribution in [0.5, 0.6) is 5.75 Å². The Morgan fingerprint density at radius 2 is 2.00 bits per heavy atom. The van der Waals surface area contributed by atoms with E-state index in [1.54, 1.807) is 11.9 Å². The predicted molar refractivity (Wildman–Crippen MR) is 64.4 cm³/mol. The first-order valence-corrected chi connectivity index (χ1v) is 5.45. The van der Waals surface area contributed by atoms with Crippen molar-refractivity contribution in [3.05, 3.63) is 23.8 Å². The minimum atomic E-state index is -0.573. The van der Waals surface area contributed by atoms with Crippen molar-refractivity contribution < 1.29 is 13.5 Å². The lowest BCUT2D eigenvalue weighted by atomic mass is 10.2. The molecule has 0 saturated carbocycles. The maximum atomic E-state index is 13.7. The highest BCUT2D eigenvalue weighted by Crippen LogP contribution is 2.26. The molecule has 0 amide bonds. The third kappa shape index (κ3) is 3.56. The quantitative estimate of drug-likeness (QED) is 0.862. The van der Waals surface area contributed by atoms with Crippen LogP contribution in [0.3, 0.4) is 0 Å². The van der Waals surface area contributed by atoms with Gasteiger partial charge in [-0.05, 0) is 13.3 Å². The van der Waals surface area contributed by atoms with Gasteiger partial charge in [-0.25, -0.2) is 8.78 Å². The number of ether oxygens (including phenoxy) is 1. The van der Waals surface area contributed by atoms with Crippen molar-refractivity contribution in [1.29, 1.82) is 0 Å². The van der Waals surface area contributed by atoms with Crippen LogP contribution in [0.15, 0.2) is 12.1 Å². The van der Waals surface area contributed by atoms with Gasteiger partial charge >= 0.3 is 0 Å². The van der Waals surface area contributed by atoms with Crippen LogP contribution in [0.25, 0.3) is 0 Å². The molecule has 1 rings (SSSR count). The highest BCUT2D eigenvalue weighted by Gasteiger charge is 2.13. The monoisotopic (exact) mass is 244 g/mol. The summed E-state index contributed by atoms with van der Waals surface area (Å²) in [6.45, 7) is 2.44. The second kappa shape index (κ2) is 5.82. The maximum absolute atomic E-state index is 13.7. The molecule has 0 aromatic heterocycles. The molecule has 96 valence electrons. The number of nitrogens with zero attached hydrogens (tertiary/aromatic N) is 1.